The first-order chi connectivity index (χ1) is 10.7. The average molecular weight is 298 g/mol. The predicted molar refractivity (Wildman–Crippen MR) is 85.6 cm³/mol. The van der Waals surface area contributed by atoms with E-state index in [4.69, 9.17) is 4.74 Å². The molecule has 3 rings (SSSR count). The molecule has 4 nitrogen and oxygen atoms in total. The number of likely N-dealkylation sites (tertiary alicyclic amines) is 1. The molecular weight excluding hydrogens is 276 g/mol. The summed E-state index contributed by atoms with van der Waals surface area (Å²) in [7, 11) is 3.52. The van der Waals surface area contributed by atoms with Gasteiger partial charge in [0.15, 0.2) is 0 Å². The van der Waals surface area contributed by atoms with Crippen LogP contribution >= 0.6 is 0 Å². The van der Waals surface area contributed by atoms with Gasteiger partial charge in [0.25, 0.3) is 0 Å². The van der Waals surface area contributed by atoms with E-state index in [-0.39, 0.29) is 5.97 Å². The van der Waals surface area contributed by atoms with Gasteiger partial charge in [-0.2, -0.15) is 0 Å². The SMILES string of the molecule is COC(=O)c1ccc(CN2CCCC2c2cccn2C)cc1. The van der Waals surface area contributed by atoms with Gasteiger partial charge in [0.1, 0.15) is 0 Å². The van der Waals surface area contributed by atoms with Crippen molar-refractivity contribution in [1.29, 1.82) is 0 Å². The van der Waals surface area contributed by atoms with E-state index in [2.05, 4.69) is 34.8 Å². The molecule has 0 spiro atoms. The second kappa shape index (κ2) is 6.36. The molecule has 1 saturated heterocycles. The van der Waals surface area contributed by atoms with Gasteiger partial charge in [-0.3, -0.25) is 4.90 Å². The number of ether oxygens (including phenoxy) is 1. The molecule has 0 aliphatic carbocycles. The number of nitrogens with zero attached hydrogens (tertiary/aromatic N) is 2. The van der Waals surface area contributed by atoms with E-state index >= 15 is 0 Å². The minimum Gasteiger partial charge on any atom is -0.465 e. The maximum Gasteiger partial charge on any atom is 0.337 e. The van der Waals surface area contributed by atoms with Gasteiger partial charge in [-0.05, 0) is 49.2 Å². The standard InChI is InChI=1S/C18H22N2O2/c1-19-11-3-5-16(19)17-6-4-12-20(17)13-14-7-9-15(10-8-14)18(21)22-2/h3,5,7-11,17H,4,6,12-13H2,1-2H3. The van der Waals surface area contributed by atoms with Crippen LogP contribution in [0.1, 0.15) is 40.5 Å². The molecule has 2 heterocycles. The van der Waals surface area contributed by atoms with Crippen LogP contribution in [-0.2, 0) is 18.3 Å². The van der Waals surface area contributed by atoms with E-state index in [1.54, 1.807) is 0 Å². The summed E-state index contributed by atoms with van der Waals surface area (Å²) in [6, 6.07) is 12.5. The highest BCUT2D eigenvalue weighted by Crippen LogP contribution is 2.33. The van der Waals surface area contributed by atoms with Gasteiger partial charge in [0.2, 0.25) is 0 Å². The third-order valence-corrected chi connectivity index (χ3v) is 4.45. The molecule has 1 aliphatic rings. The van der Waals surface area contributed by atoms with Gasteiger partial charge in [-0.1, -0.05) is 12.1 Å². The van der Waals surface area contributed by atoms with Gasteiger partial charge in [-0.15, -0.1) is 0 Å². The van der Waals surface area contributed by atoms with Gasteiger partial charge in [0, 0.05) is 25.5 Å². The lowest BCUT2D eigenvalue weighted by molar-refractivity contribution is 0.0600. The normalized spacial score (nSPS) is 18.5. The topological polar surface area (TPSA) is 34.5 Å². The van der Waals surface area contributed by atoms with E-state index in [1.807, 2.05) is 24.3 Å². The molecule has 1 aromatic heterocycles. The van der Waals surface area contributed by atoms with Crippen LogP contribution < -0.4 is 0 Å². The Balaban J connectivity index is 1.72. The number of esters is 1. The quantitative estimate of drug-likeness (QED) is 0.813. The molecule has 1 aromatic carbocycles. The van der Waals surface area contributed by atoms with Crippen LogP contribution in [0.25, 0.3) is 0 Å². The van der Waals surface area contributed by atoms with Crippen LogP contribution in [0.5, 0.6) is 0 Å². The number of benzene rings is 1. The molecule has 22 heavy (non-hydrogen) atoms. The first-order valence-electron chi connectivity index (χ1n) is 7.71. The van der Waals surface area contributed by atoms with Crippen molar-refractivity contribution in [2.75, 3.05) is 13.7 Å². The predicted octanol–water partition coefficient (Wildman–Crippen LogP) is 3.15. The molecule has 1 aliphatic heterocycles. The molecule has 0 amide bonds. The van der Waals surface area contributed by atoms with Gasteiger partial charge in [0.05, 0.1) is 18.7 Å². The fraction of sp³-hybridized carbons (Fsp3) is 0.389. The van der Waals surface area contributed by atoms with Gasteiger partial charge < -0.3 is 9.30 Å². The third kappa shape index (κ3) is 2.92. The molecular formula is C18H22N2O2. The smallest absolute Gasteiger partial charge is 0.337 e. The van der Waals surface area contributed by atoms with Crippen molar-refractivity contribution in [3.8, 4) is 0 Å². The molecule has 0 saturated carbocycles. The van der Waals surface area contributed by atoms with Crippen LogP contribution in [0.4, 0.5) is 0 Å². The maximum atomic E-state index is 11.5. The molecule has 0 radical (unpaired) electrons. The molecule has 1 fully saturated rings. The van der Waals surface area contributed by atoms with Crippen molar-refractivity contribution < 1.29 is 9.53 Å². The first-order valence-corrected chi connectivity index (χ1v) is 7.71. The Morgan fingerprint density at radius 1 is 1.27 bits per heavy atom. The van der Waals surface area contributed by atoms with E-state index in [1.165, 1.54) is 31.2 Å². The number of hydrogen-bond donors (Lipinski definition) is 0. The van der Waals surface area contributed by atoms with E-state index in [0.29, 0.717) is 11.6 Å². The second-order valence-electron chi connectivity index (χ2n) is 5.86. The molecule has 4 heteroatoms. The lowest BCUT2D eigenvalue weighted by Gasteiger charge is -2.25. The summed E-state index contributed by atoms with van der Waals surface area (Å²) in [6.07, 6.45) is 4.55. The largest absolute Gasteiger partial charge is 0.465 e. The van der Waals surface area contributed by atoms with Crippen molar-refractivity contribution in [3.63, 3.8) is 0 Å². The van der Waals surface area contributed by atoms with Crippen molar-refractivity contribution in [1.82, 2.24) is 9.47 Å². The molecule has 0 bridgehead atoms. The second-order valence-corrected chi connectivity index (χ2v) is 5.86. The highest BCUT2D eigenvalue weighted by Gasteiger charge is 2.27. The summed E-state index contributed by atoms with van der Waals surface area (Å²) in [5.41, 5.74) is 3.21. The number of aromatic nitrogens is 1. The Bertz CT molecular complexity index is 645. The van der Waals surface area contributed by atoms with E-state index in [9.17, 15) is 4.79 Å². The highest BCUT2D eigenvalue weighted by molar-refractivity contribution is 5.89. The Kier molecular flexibility index (Phi) is 4.29. The van der Waals surface area contributed by atoms with Crippen molar-refractivity contribution in [2.24, 2.45) is 7.05 Å². The van der Waals surface area contributed by atoms with Crippen molar-refractivity contribution in [2.45, 2.75) is 25.4 Å². The fourth-order valence-corrected chi connectivity index (χ4v) is 3.27. The molecule has 2 aromatic rings. The molecule has 116 valence electrons. The van der Waals surface area contributed by atoms with Gasteiger partial charge >= 0.3 is 5.97 Å². The van der Waals surface area contributed by atoms with Crippen LogP contribution in [0.2, 0.25) is 0 Å². The minimum atomic E-state index is -0.283. The Morgan fingerprint density at radius 3 is 2.68 bits per heavy atom. The zero-order valence-electron chi connectivity index (χ0n) is 13.2. The summed E-state index contributed by atoms with van der Waals surface area (Å²) in [6.45, 7) is 2.03. The van der Waals surface area contributed by atoms with Crippen LogP contribution in [0, 0.1) is 0 Å². The van der Waals surface area contributed by atoms with E-state index in [0.717, 1.165) is 13.1 Å². The molecule has 0 N–H and O–H groups in total. The lowest BCUT2D eigenvalue weighted by atomic mass is 10.1. The number of carbonyl (C=O) groups is 1. The van der Waals surface area contributed by atoms with Crippen molar-refractivity contribution >= 4 is 5.97 Å². The summed E-state index contributed by atoms with van der Waals surface area (Å²) < 4.78 is 6.95. The Morgan fingerprint density at radius 2 is 2.05 bits per heavy atom. The fourth-order valence-electron chi connectivity index (χ4n) is 3.27. The average Bonchev–Trinajstić information content (AvgIpc) is 3.15. The third-order valence-electron chi connectivity index (χ3n) is 4.45. The van der Waals surface area contributed by atoms with E-state index < -0.39 is 0 Å². The highest BCUT2D eigenvalue weighted by atomic mass is 16.5. The number of hydrogen-bond acceptors (Lipinski definition) is 3. The van der Waals surface area contributed by atoms with Crippen LogP contribution in [0.3, 0.4) is 0 Å². The van der Waals surface area contributed by atoms with Gasteiger partial charge in [-0.25, -0.2) is 4.79 Å². The summed E-state index contributed by atoms with van der Waals surface area (Å²) >= 11 is 0. The number of aryl methyl sites for hydroxylation is 1. The number of carbonyl (C=O) groups excluding carboxylic acids is 1. The summed E-state index contributed by atoms with van der Waals surface area (Å²) in [5.74, 6) is -0.283. The Labute approximate surface area is 131 Å². The Hall–Kier alpha value is -2.07. The van der Waals surface area contributed by atoms with Crippen LogP contribution in [-0.4, -0.2) is 29.1 Å². The number of methoxy groups -OCH3 is 1. The maximum absolute atomic E-state index is 11.5. The zero-order valence-corrected chi connectivity index (χ0v) is 13.2. The lowest BCUT2D eigenvalue weighted by Crippen LogP contribution is -2.24. The zero-order chi connectivity index (χ0) is 15.5. The first kappa shape index (κ1) is 14.9. The minimum absolute atomic E-state index is 0.283. The number of rotatable bonds is 4. The van der Waals surface area contributed by atoms with Crippen LogP contribution in [0.15, 0.2) is 42.6 Å². The molecule has 1 atom stereocenters. The van der Waals surface area contributed by atoms with Crippen molar-refractivity contribution in [3.05, 3.63) is 59.4 Å². The summed E-state index contributed by atoms with van der Waals surface area (Å²) in [5, 5.41) is 0. The monoisotopic (exact) mass is 298 g/mol. The summed E-state index contributed by atoms with van der Waals surface area (Å²) in [4.78, 5) is 14.0. The molecule has 1 unspecified atom stereocenters.